The van der Waals surface area contributed by atoms with Crippen LogP contribution in [0.5, 0.6) is 0 Å². The van der Waals surface area contributed by atoms with E-state index in [0.29, 0.717) is 12.3 Å². The van der Waals surface area contributed by atoms with Gasteiger partial charge in [-0.1, -0.05) is 15.9 Å². The summed E-state index contributed by atoms with van der Waals surface area (Å²) in [6.07, 6.45) is 2.38. The Kier molecular flexibility index (Phi) is 5.53. The van der Waals surface area contributed by atoms with Gasteiger partial charge in [0.05, 0.1) is 11.9 Å². The molecule has 1 aromatic carbocycles. The molecule has 0 spiro atoms. The molecule has 1 amide bonds. The smallest absolute Gasteiger partial charge is 0.230 e. The van der Waals surface area contributed by atoms with E-state index in [1.54, 1.807) is 11.8 Å². The predicted octanol–water partition coefficient (Wildman–Crippen LogP) is 2.84. The predicted molar refractivity (Wildman–Crippen MR) is 76.8 cm³/mol. The summed E-state index contributed by atoms with van der Waals surface area (Å²) in [4.78, 5) is 12.7. The van der Waals surface area contributed by atoms with Gasteiger partial charge in [0.25, 0.3) is 0 Å². The summed E-state index contributed by atoms with van der Waals surface area (Å²) >= 11 is 4.93. The van der Waals surface area contributed by atoms with Gasteiger partial charge in [0.1, 0.15) is 0 Å². The molecule has 0 radical (unpaired) electrons. The fourth-order valence-corrected chi connectivity index (χ4v) is 2.76. The van der Waals surface area contributed by atoms with Crippen molar-refractivity contribution in [2.75, 3.05) is 18.9 Å². The van der Waals surface area contributed by atoms with Gasteiger partial charge in [0.2, 0.25) is 5.91 Å². The van der Waals surface area contributed by atoms with Crippen molar-refractivity contribution >= 4 is 33.6 Å². The monoisotopic (exact) mass is 329 g/mol. The number of rotatable bonds is 5. The highest BCUT2D eigenvalue weighted by atomic mass is 79.9. The highest BCUT2D eigenvalue weighted by molar-refractivity contribution is 9.10. The Morgan fingerprint density at radius 2 is 2.22 bits per heavy atom. The van der Waals surface area contributed by atoms with E-state index < -0.39 is 0 Å². The van der Waals surface area contributed by atoms with E-state index in [0.717, 1.165) is 28.8 Å². The number of carbonyl (C=O) groups is 1. The molecule has 18 heavy (non-hydrogen) atoms. The van der Waals surface area contributed by atoms with Crippen LogP contribution in [-0.2, 0) is 9.53 Å². The van der Waals surface area contributed by atoms with Gasteiger partial charge in [-0.2, -0.15) is 0 Å². The van der Waals surface area contributed by atoms with E-state index in [1.165, 1.54) is 0 Å². The zero-order chi connectivity index (χ0) is 12.8. The summed E-state index contributed by atoms with van der Waals surface area (Å²) in [7, 11) is 0. The normalized spacial score (nSPS) is 18.8. The Hall–Kier alpha value is -0.520. The molecule has 2 rings (SSSR count). The second-order valence-corrected chi connectivity index (χ2v) is 6.15. The number of ether oxygens (including phenoxy) is 1. The van der Waals surface area contributed by atoms with Crippen molar-refractivity contribution < 1.29 is 9.53 Å². The second-order valence-electron chi connectivity index (χ2n) is 4.18. The van der Waals surface area contributed by atoms with E-state index >= 15 is 0 Å². The van der Waals surface area contributed by atoms with Crippen LogP contribution in [0.1, 0.15) is 12.8 Å². The fourth-order valence-electron chi connectivity index (χ4n) is 1.76. The number of halogens is 1. The summed E-state index contributed by atoms with van der Waals surface area (Å²) in [6.45, 7) is 1.47. The first kappa shape index (κ1) is 13.9. The zero-order valence-corrected chi connectivity index (χ0v) is 12.4. The van der Waals surface area contributed by atoms with Gasteiger partial charge in [0.15, 0.2) is 0 Å². The quantitative estimate of drug-likeness (QED) is 0.844. The van der Waals surface area contributed by atoms with Crippen molar-refractivity contribution in [3.63, 3.8) is 0 Å². The van der Waals surface area contributed by atoms with Crippen LogP contribution >= 0.6 is 27.7 Å². The summed E-state index contributed by atoms with van der Waals surface area (Å²) < 4.78 is 6.50. The number of amides is 1. The van der Waals surface area contributed by atoms with E-state index in [9.17, 15) is 4.79 Å². The van der Waals surface area contributed by atoms with Crippen molar-refractivity contribution in [1.82, 2.24) is 5.32 Å². The Morgan fingerprint density at radius 3 is 2.89 bits per heavy atom. The number of carbonyl (C=O) groups excluding carboxylic acids is 1. The number of nitrogens with one attached hydrogen (secondary N) is 1. The molecule has 5 heteroatoms. The summed E-state index contributed by atoms with van der Waals surface area (Å²) in [5, 5.41) is 2.91. The molecule has 1 N–H and O–H groups in total. The number of hydrogen-bond acceptors (Lipinski definition) is 3. The van der Waals surface area contributed by atoms with Crippen LogP contribution in [0.2, 0.25) is 0 Å². The lowest BCUT2D eigenvalue weighted by molar-refractivity contribution is -0.119. The van der Waals surface area contributed by atoms with Gasteiger partial charge in [-0.15, -0.1) is 11.8 Å². The molecular weight excluding hydrogens is 314 g/mol. The Labute approximate surface area is 120 Å². The molecule has 0 unspecified atom stereocenters. The first-order valence-corrected chi connectivity index (χ1v) is 7.78. The molecule has 98 valence electrons. The molecular formula is C13H16BrNO2S. The third-order valence-corrected chi connectivity index (χ3v) is 4.28. The van der Waals surface area contributed by atoms with Gasteiger partial charge < -0.3 is 10.1 Å². The van der Waals surface area contributed by atoms with Gasteiger partial charge in [-0.05, 0) is 37.1 Å². The minimum Gasteiger partial charge on any atom is -0.376 e. The number of thioether (sulfide) groups is 1. The van der Waals surface area contributed by atoms with Crippen LogP contribution < -0.4 is 5.32 Å². The van der Waals surface area contributed by atoms with Gasteiger partial charge >= 0.3 is 0 Å². The highest BCUT2D eigenvalue weighted by Gasteiger charge is 2.15. The third-order valence-electron chi connectivity index (χ3n) is 2.73. The van der Waals surface area contributed by atoms with Crippen molar-refractivity contribution in [2.45, 2.75) is 23.8 Å². The van der Waals surface area contributed by atoms with E-state index in [-0.39, 0.29) is 12.0 Å². The minimum absolute atomic E-state index is 0.0680. The average Bonchev–Trinajstić information content (AvgIpc) is 2.89. The highest BCUT2D eigenvalue weighted by Crippen LogP contribution is 2.20. The summed E-state index contributed by atoms with van der Waals surface area (Å²) in [6, 6.07) is 7.96. The van der Waals surface area contributed by atoms with Crippen molar-refractivity contribution in [1.29, 1.82) is 0 Å². The number of hydrogen-bond donors (Lipinski definition) is 1. The van der Waals surface area contributed by atoms with E-state index in [4.69, 9.17) is 4.74 Å². The Balaban J connectivity index is 1.66. The molecule has 1 atom stereocenters. The largest absolute Gasteiger partial charge is 0.376 e. The average molecular weight is 330 g/mol. The molecule has 1 saturated heterocycles. The van der Waals surface area contributed by atoms with Crippen molar-refractivity contribution in [3.8, 4) is 0 Å². The molecule has 0 aliphatic carbocycles. The van der Waals surface area contributed by atoms with Crippen LogP contribution in [0, 0.1) is 0 Å². The van der Waals surface area contributed by atoms with Crippen LogP contribution in [0.4, 0.5) is 0 Å². The maximum Gasteiger partial charge on any atom is 0.230 e. The summed E-state index contributed by atoms with van der Waals surface area (Å²) in [5.41, 5.74) is 0. The lowest BCUT2D eigenvalue weighted by Crippen LogP contribution is -2.32. The third kappa shape index (κ3) is 4.63. The topological polar surface area (TPSA) is 38.3 Å². The zero-order valence-electron chi connectivity index (χ0n) is 10.0. The molecule has 1 aliphatic heterocycles. The second kappa shape index (κ2) is 7.16. The molecule has 3 nitrogen and oxygen atoms in total. The van der Waals surface area contributed by atoms with Crippen molar-refractivity contribution in [3.05, 3.63) is 28.7 Å². The van der Waals surface area contributed by atoms with E-state index in [2.05, 4.69) is 21.2 Å². The van der Waals surface area contributed by atoms with Crippen LogP contribution in [-0.4, -0.2) is 30.9 Å². The minimum atomic E-state index is 0.0680. The lowest BCUT2D eigenvalue weighted by Gasteiger charge is -2.10. The maximum atomic E-state index is 11.6. The van der Waals surface area contributed by atoms with Crippen LogP contribution in [0.3, 0.4) is 0 Å². The summed E-state index contributed by atoms with van der Waals surface area (Å²) in [5.74, 6) is 0.521. The first-order chi connectivity index (χ1) is 8.74. The Morgan fingerprint density at radius 1 is 1.44 bits per heavy atom. The molecule has 1 heterocycles. The number of benzene rings is 1. The molecule has 1 fully saturated rings. The van der Waals surface area contributed by atoms with Gasteiger partial charge in [0, 0.05) is 22.5 Å². The maximum absolute atomic E-state index is 11.6. The molecule has 0 aromatic heterocycles. The SMILES string of the molecule is O=C(CSc1ccc(Br)cc1)NC[C@@H]1CCCO1. The van der Waals surface area contributed by atoms with E-state index in [1.807, 2.05) is 24.3 Å². The molecule has 1 aromatic rings. The lowest BCUT2D eigenvalue weighted by atomic mass is 10.2. The molecule has 1 aliphatic rings. The Bertz CT molecular complexity index is 390. The van der Waals surface area contributed by atoms with Gasteiger partial charge in [-0.3, -0.25) is 4.79 Å². The van der Waals surface area contributed by atoms with Gasteiger partial charge in [-0.25, -0.2) is 0 Å². The first-order valence-electron chi connectivity index (χ1n) is 6.01. The molecule has 0 bridgehead atoms. The fraction of sp³-hybridized carbons (Fsp3) is 0.462. The van der Waals surface area contributed by atoms with Crippen LogP contribution in [0.25, 0.3) is 0 Å². The standard InChI is InChI=1S/C13H16BrNO2S/c14-10-3-5-12(6-4-10)18-9-13(16)15-8-11-2-1-7-17-11/h3-6,11H,1-2,7-9H2,(H,15,16)/t11-/m0/s1. The van der Waals surface area contributed by atoms with Crippen molar-refractivity contribution in [2.24, 2.45) is 0 Å². The molecule has 0 saturated carbocycles. The van der Waals surface area contributed by atoms with Crippen LogP contribution in [0.15, 0.2) is 33.6 Å².